The number of carbonyl (C=O) groups excluding carboxylic acids is 2. The lowest BCUT2D eigenvalue weighted by Gasteiger charge is -2.10. The zero-order valence-corrected chi connectivity index (χ0v) is 18.5. The monoisotopic (exact) mass is 487 g/mol. The summed E-state index contributed by atoms with van der Waals surface area (Å²) in [5, 5.41) is 15.7. The molecule has 0 atom stereocenters. The number of benzene rings is 3. The lowest BCUT2D eigenvalue weighted by Crippen LogP contribution is -2.17. The number of halogens is 2. The van der Waals surface area contributed by atoms with Gasteiger partial charge in [0.1, 0.15) is 17.1 Å². The number of hydrazone groups is 1. The summed E-state index contributed by atoms with van der Waals surface area (Å²) in [5.41, 5.74) is 2.47. The molecule has 0 radical (unpaired) electrons. The normalized spacial score (nSPS) is 10.6. The maximum absolute atomic E-state index is 12.7. The van der Waals surface area contributed by atoms with E-state index in [4.69, 9.17) is 32.7 Å². The average molecular weight is 488 g/mol. The second kappa shape index (κ2) is 10.6. The number of nitrogens with one attached hydrogen (secondary N) is 1. The van der Waals surface area contributed by atoms with Crippen molar-refractivity contribution in [3.8, 4) is 11.5 Å². The average Bonchev–Trinajstić information content (AvgIpc) is 2.80. The molecule has 3 aromatic carbocycles. The van der Waals surface area contributed by atoms with E-state index in [1.807, 2.05) is 0 Å². The van der Waals surface area contributed by atoms with Gasteiger partial charge in [0.15, 0.2) is 0 Å². The SMILES string of the molecule is COc1ccc(Cl)cc1C(=O)Oc1ccc([N+](=O)[O-])cc1/C=N/NC(=O)c1ccc(Cl)cc1. The quantitative estimate of drug-likeness (QED) is 0.166. The molecule has 9 nitrogen and oxygen atoms in total. The molecule has 0 bridgehead atoms. The number of nitrogens with zero attached hydrogens (tertiary/aromatic N) is 2. The number of nitro benzene ring substituents is 1. The van der Waals surface area contributed by atoms with Crippen molar-refractivity contribution >= 4 is 47.0 Å². The Kier molecular flexibility index (Phi) is 7.60. The summed E-state index contributed by atoms with van der Waals surface area (Å²) >= 11 is 11.8. The first-order valence-corrected chi connectivity index (χ1v) is 9.97. The molecular weight excluding hydrogens is 473 g/mol. The lowest BCUT2D eigenvalue weighted by molar-refractivity contribution is -0.384. The summed E-state index contributed by atoms with van der Waals surface area (Å²) in [5.74, 6) is -1.13. The first-order valence-electron chi connectivity index (χ1n) is 9.21. The molecule has 0 aliphatic heterocycles. The zero-order valence-electron chi connectivity index (χ0n) is 17.0. The van der Waals surface area contributed by atoms with E-state index >= 15 is 0 Å². The number of carbonyl (C=O) groups is 2. The molecule has 0 saturated heterocycles. The van der Waals surface area contributed by atoms with Crippen molar-refractivity contribution in [3.05, 3.63) is 97.5 Å². The molecule has 1 N–H and O–H groups in total. The Labute approximate surface area is 197 Å². The van der Waals surface area contributed by atoms with Gasteiger partial charge in [-0.2, -0.15) is 5.10 Å². The van der Waals surface area contributed by atoms with Crippen LogP contribution >= 0.6 is 23.2 Å². The number of rotatable bonds is 7. The highest BCUT2D eigenvalue weighted by atomic mass is 35.5. The Morgan fingerprint density at radius 1 is 1.00 bits per heavy atom. The number of nitro groups is 1. The molecule has 0 aromatic heterocycles. The Morgan fingerprint density at radius 3 is 2.33 bits per heavy atom. The van der Waals surface area contributed by atoms with Crippen LogP contribution in [0.15, 0.2) is 65.8 Å². The summed E-state index contributed by atoms with van der Waals surface area (Å²) in [6.07, 6.45) is 1.12. The van der Waals surface area contributed by atoms with Crippen LogP contribution < -0.4 is 14.9 Å². The molecule has 11 heteroatoms. The molecule has 0 spiro atoms. The summed E-state index contributed by atoms with van der Waals surface area (Å²) in [7, 11) is 1.38. The van der Waals surface area contributed by atoms with Crippen molar-refractivity contribution in [2.24, 2.45) is 5.10 Å². The highest BCUT2D eigenvalue weighted by molar-refractivity contribution is 6.31. The number of ether oxygens (including phenoxy) is 2. The fraction of sp³-hybridized carbons (Fsp3) is 0.0455. The van der Waals surface area contributed by atoms with E-state index in [1.54, 1.807) is 18.2 Å². The molecule has 0 aliphatic rings. The zero-order chi connectivity index (χ0) is 24.0. The molecule has 0 aliphatic carbocycles. The molecule has 1 amide bonds. The molecule has 3 rings (SSSR count). The molecule has 0 fully saturated rings. The van der Waals surface area contributed by atoms with Crippen LogP contribution in [0, 0.1) is 10.1 Å². The van der Waals surface area contributed by atoms with Gasteiger partial charge in [-0.15, -0.1) is 0 Å². The third kappa shape index (κ3) is 6.06. The highest BCUT2D eigenvalue weighted by Crippen LogP contribution is 2.27. The second-order valence-electron chi connectivity index (χ2n) is 6.42. The maximum atomic E-state index is 12.7. The van der Waals surface area contributed by atoms with Gasteiger partial charge in [-0.3, -0.25) is 14.9 Å². The summed E-state index contributed by atoms with van der Waals surface area (Å²) in [4.78, 5) is 35.4. The van der Waals surface area contributed by atoms with Crippen LogP contribution in [0.5, 0.6) is 11.5 Å². The predicted octanol–water partition coefficient (Wildman–Crippen LogP) is 4.89. The van der Waals surface area contributed by atoms with Gasteiger partial charge < -0.3 is 9.47 Å². The van der Waals surface area contributed by atoms with E-state index in [9.17, 15) is 19.7 Å². The van der Waals surface area contributed by atoms with Crippen molar-refractivity contribution in [1.29, 1.82) is 0 Å². The Balaban J connectivity index is 1.85. The first kappa shape index (κ1) is 23.7. The Bertz CT molecular complexity index is 1250. The summed E-state index contributed by atoms with van der Waals surface area (Å²) in [6.45, 7) is 0. The Hall–Kier alpha value is -3.95. The van der Waals surface area contributed by atoms with Gasteiger partial charge >= 0.3 is 5.97 Å². The van der Waals surface area contributed by atoms with Gasteiger partial charge in [0.2, 0.25) is 0 Å². The van der Waals surface area contributed by atoms with E-state index < -0.39 is 16.8 Å². The van der Waals surface area contributed by atoms with Crippen molar-refractivity contribution in [2.45, 2.75) is 0 Å². The van der Waals surface area contributed by atoms with E-state index in [1.165, 1.54) is 43.5 Å². The van der Waals surface area contributed by atoms with Gasteiger partial charge in [0.25, 0.3) is 11.6 Å². The van der Waals surface area contributed by atoms with Crippen molar-refractivity contribution in [2.75, 3.05) is 7.11 Å². The van der Waals surface area contributed by atoms with Gasteiger partial charge in [0, 0.05) is 33.3 Å². The maximum Gasteiger partial charge on any atom is 0.347 e. The topological polar surface area (TPSA) is 120 Å². The van der Waals surface area contributed by atoms with Crippen LogP contribution in [0.25, 0.3) is 0 Å². The van der Waals surface area contributed by atoms with Crippen LogP contribution in [-0.2, 0) is 0 Å². The number of esters is 1. The third-order valence-electron chi connectivity index (χ3n) is 4.26. The van der Waals surface area contributed by atoms with Crippen LogP contribution in [0.2, 0.25) is 10.0 Å². The molecule has 0 unspecified atom stereocenters. The molecule has 0 heterocycles. The minimum absolute atomic E-state index is 0.0304. The van der Waals surface area contributed by atoms with E-state index in [2.05, 4.69) is 10.5 Å². The van der Waals surface area contributed by atoms with E-state index in [0.29, 0.717) is 10.6 Å². The smallest absolute Gasteiger partial charge is 0.347 e. The van der Waals surface area contributed by atoms with Gasteiger partial charge in [-0.1, -0.05) is 23.2 Å². The number of hydrogen-bond donors (Lipinski definition) is 1. The van der Waals surface area contributed by atoms with Crippen molar-refractivity contribution in [3.63, 3.8) is 0 Å². The lowest BCUT2D eigenvalue weighted by atomic mass is 10.1. The summed E-state index contributed by atoms with van der Waals surface area (Å²) < 4.78 is 10.6. The van der Waals surface area contributed by atoms with Gasteiger partial charge in [0.05, 0.1) is 18.2 Å². The largest absolute Gasteiger partial charge is 0.496 e. The number of hydrogen-bond acceptors (Lipinski definition) is 7. The van der Waals surface area contributed by atoms with Crippen LogP contribution in [-0.4, -0.2) is 30.1 Å². The van der Waals surface area contributed by atoms with E-state index in [0.717, 1.165) is 12.3 Å². The predicted molar refractivity (Wildman–Crippen MR) is 123 cm³/mol. The fourth-order valence-corrected chi connectivity index (χ4v) is 2.96. The molecule has 33 heavy (non-hydrogen) atoms. The molecular formula is C22H15Cl2N3O6. The van der Waals surface area contributed by atoms with E-state index in [-0.39, 0.29) is 33.3 Å². The van der Waals surface area contributed by atoms with Gasteiger partial charge in [-0.05, 0) is 48.5 Å². The van der Waals surface area contributed by atoms with Crippen LogP contribution in [0.3, 0.4) is 0 Å². The van der Waals surface area contributed by atoms with Crippen LogP contribution in [0.1, 0.15) is 26.3 Å². The summed E-state index contributed by atoms with van der Waals surface area (Å²) in [6, 6.07) is 14.1. The minimum Gasteiger partial charge on any atom is -0.496 e. The minimum atomic E-state index is -0.803. The molecule has 168 valence electrons. The second-order valence-corrected chi connectivity index (χ2v) is 7.29. The van der Waals surface area contributed by atoms with Crippen molar-refractivity contribution in [1.82, 2.24) is 5.43 Å². The van der Waals surface area contributed by atoms with Crippen LogP contribution in [0.4, 0.5) is 5.69 Å². The molecule has 3 aromatic rings. The first-order chi connectivity index (χ1) is 15.8. The number of methoxy groups -OCH3 is 1. The highest BCUT2D eigenvalue weighted by Gasteiger charge is 2.18. The Morgan fingerprint density at radius 2 is 1.67 bits per heavy atom. The number of amides is 1. The van der Waals surface area contributed by atoms with Gasteiger partial charge in [-0.25, -0.2) is 10.2 Å². The standard InChI is InChI=1S/C22H15Cl2N3O6/c1-32-20-8-6-16(24)11-18(20)22(29)33-19-9-7-17(27(30)31)10-14(19)12-25-26-21(28)13-2-4-15(23)5-3-13/h2-12H,1H3,(H,26,28)/b25-12+. The fourth-order valence-electron chi connectivity index (χ4n) is 2.66. The number of non-ortho nitro benzene ring substituents is 1. The molecule has 0 saturated carbocycles. The van der Waals surface area contributed by atoms with Crippen molar-refractivity contribution < 1.29 is 24.0 Å². The third-order valence-corrected chi connectivity index (χ3v) is 4.75.